The van der Waals surface area contributed by atoms with Crippen molar-refractivity contribution in [2.75, 3.05) is 18.2 Å². The first-order valence-electron chi connectivity index (χ1n) is 8.07. The number of methoxy groups -OCH3 is 1. The minimum absolute atomic E-state index is 0.0612. The number of anilines is 1. The fourth-order valence-corrected chi connectivity index (χ4v) is 6.21. The Hall–Kier alpha value is -2.80. The number of rotatable bonds is 4. The molecule has 2 heterocycles. The van der Waals surface area contributed by atoms with Gasteiger partial charge in [0.15, 0.2) is 9.84 Å². The van der Waals surface area contributed by atoms with Crippen molar-refractivity contribution >= 4 is 31.8 Å². The summed E-state index contributed by atoms with van der Waals surface area (Å²) in [5.41, 5.74) is 0.410. The quantitative estimate of drug-likeness (QED) is 0.705. The van der Waals surface area contributed by atoms with Gasteiger partial charge in [0, 0.05) is 0 Å². The van der Waals surface area contributed by atoms with E-state index >= 15 is 0 Å². The van der Waals surface area contributed by atoms with Crippen LogP contribution in [-0.4, -0.2) is 50.7 Å². The molecule has 0 saturated carbocycles. The van der Waals surface area contributed by atoms with Crippen LogP contribution in [-0.2, 0) is 26.3 Å². The van der Waals surface area contributed by atoms with E-state index in [1.54, 1.807) is 10.8 Å². The second-order valence-electron chi connectivity index (χ2n) is 5.92. The van der Waals surface area contributed by atoms with E-state index in [2.05, 4.69) is 20.3 Å². The number of sulfonamides is 1. The fourth-order valence-electron chi connectivity index (χ4n) is 2.79. The molecule has 2 amide bonds. The molecule has 28 heavy (non-hydrogen) atoms. The van der Waals surface area contributed by atoms with Crippen LogP contribution in [0.1, 0.15) is 17.8 Å². The Morgan fingerprint density at radius 3 is 2.68 bits per heavy atom. The topological polar surface area (TPSA) is 157 Å². The van der Waals surface area contributed by atoms with Gasteiger partial charge in [-0.25, -0.2) is 26.4 Å². The Kier molecular flexibility index (Phi) is 5.21. The summed E-state index contributed by atoms with van der Waals surface area (Å²) >= 11 is 0. The highest BCUT2D eigenvalue weighted by Gasteiger charge is 2.32. The van der Waals surface area contributed by atoms with Crippen LogP contribution in [0, 0.1) is 6.92 Å². The Bertz CT molecular complexity index is 1150. The van der Waals surface area contributed by atoms with Gasteiger partial charge in [-0.15, -0.1) is 0 Å². The summed E-state index contributed by atoms with van der Waals surface area (Å²) in [6.07, 6.45) is 0.849. The van der Waals surface area contributed by atoms with Crippen molar-refractivity contribution in [1.82, 2.24) is 19.7 Å². The van der Waals surface area contributed by atoms with Crippen molar-refractivity contribution in [3.8, 4) is 6.01 Å². The van der Waals surface area contributed by atoms with Gasteiger partial charge in [-0.05, 0) is 31.4 Å². The average molecular weight is 427 g/mol. The first-order chi connectivity index (χ1) is 13.1. The number of benzene rings is 1. The van der Waals surface area contributed by atoms with Gasteiger partial charge >= 0.3 is 12.0 Å². The monoisotopic (exact) mass is 427 g/mol. The first kappa shape index (κ1) is 19.9. The average Bonchev–Trinajstić information content (AvgIpc) is 2.59. The van der Waals surface area contributed by atoms with Crippen molar-refractivity contribution in [3.63, 3.8) is 0 Å². The van der Waals surface area contributed by atoms with Gasteiger partial charge < -0.3 is 4.74 Å². The van der Waals surface area contributed by atoms with Crippen LogP contribution in [0.3, 0.4) is 0 Å². The molecule has 2 N–H and O–H groups in total. The van der Waals surface area contributed by atoms with E-state index in [0.717, 1.165) is 6.07 Å². The molecule has 0 fully saturated rings. The number of hydrogen-bond donors (Lipinski definition) is 2. The predicted molar refractivity (Wildman–Crippen MR) is 97.3 cm³/mol. The number of nitrogens with zero attached hydrogens (tertiary/aromatic N) is 3. The van der Waals surface area contributed by atoms with E-state index in [0.29, 0.717) is 18.4 Å². The fraction of sp³-hybridized carbons (Fsp3) is 0.333. The van der Waals surface area contributed by atoms with E-state index in [1.807, 2.05) is 0 Å². The van der Waals surface area contributed by atoms with Crippen LogP contribution >= 0.6 is 0 Å². The van der Waals surface area contributed by atoms with Crippen LogP contribution in [0.5, 0.6) is 6.01 Å². The Labute approximate surface area is 161 Å². The van der Waals surface area contributed by atoms with Crippen molar-refractivity contribution in [2.24, 2.45) is 0 Å². The van der Waals surface area contributed by atoms with Gasteiger partial charge in [0.1, 0.15) is 10.7 Å². The summed E-state index contributed by atoms with van der Waals surface area (Å²) in [5.74, 6) is -0.129. The third-order valence-electron chi connectivity index (χ3n) is 3.88. The van der Waals surface area contributed by atoms with Crippen LogP contribution in [0.25, 0.3) is 0 Å². The normalized spacial score (nSPS) is 15.4. The number of urea groups is 1. The van der Waals surface area contributed by atoms with Crippen LogP contribution in [0.2, 0.25) is 0 Å². The van der Waals surface area contributed by atoms with E-state index in [-0.39, 0.29) is 28.4 Å². The SMILES string of the molecule is COc1nc(C)nc(NC(=O)NS(=O)(=O)c2cccc3c2S(=O)(=O)CCC3)n1. The highest BCUT2D eigenvalue weighted by Crippen LogP contribution is 2.31. The summed E-state index contributed by atoms with van der Waals surface area (Å²) < 4.78 is 56.8. The molecule has 150 valence electrons. The van der Waals surface area contributed by atoms with Crippen LogP contribution in [0.15, 0.2) is 28.0 Å². The molecule has 1 aliphatic rings. The number of carbonyl (C=O) groups excluding carboxylic acids is 1. The van der Waals surface area contributed by atoms with Gasteiger partial charge in [-0.3, -0.25) is 5.32 Å². The zero-order valence-electron chi connectivity index (χ0n) is 15.0. The number of aryl methyl sites for hydroxylation is 2. The number of fused-ring (bicyclic) bond motifs is 1. The van der Waals surface area contributed by atoms with Crippen LogP contribution < -0.4 is 14.8 Å². The number of ether oxygens (including phenoxy) is 1. The predicted octanol–water partition coefficient (Wildman–Crippen LogP) is 0.419. The van der Waals surface area contributed by atoms with Gasteiger partial charge in [0.25, 0.3) is 10.0 Å². The smallest absolute Gasteiger partial charge is 0.335 e. The second kappa shape index (κ2) is 7.31. The maximum Gasteiger partial charge on any atom is 0.335 e. The molecule has 0 unspecified atom stereocenters. The third kappa shape index (κ3) is 4.04. The zero-order chi connectivity index (χ0) is 20.5. The van der Waals surface area contributed by atoms with Gasteiger partial charge in [-0.1, -0.05) is 12.1 Å². The molecule has 0 spiro atoms. The molecule has 2 aromatic rings. The summed E-state index contributed by atoms with van der Waals surface area (Å²) in [5, 5.41) is 2.16. The molecule has 0 saturated heterocycles. The summed E-state index contributed by atoms with van der Waals surface area (Å²) in [4.78, 5) is 22.9. The summed E-state index contributed by atoms with van der Waals surface area (Å²) in [6, 6.07) is 2.93. The van der Waals surface area contributed by atoms with E-state index in [9.17, 15) is 21.6 Å². The second-order valence-corrected chi connectivity index (χ2v) is 9.62. The number of carbonyl (C=O) groups is 1. The Balaban J connectivity index is 1.89. The third-order valence-corrected chi connectivity index (χ3v) is 7.31. The summed E-state index contributed by atoms with van der Waals surface area (Å²) in [7, 11) is -6.91. The molecule has 13 heteroatoms. The maximum atomic E-state index is 12.7. The number of aromatic nitrogens is 3. The standard InChI is InChI=1S/C15H17N5O6S2/c1-9-16-13(19-15(17-9)26-2)18-14(21)20-28(24,25)11-7-3-5-10-6-4-8-27(22,23)12(10)11/h3,5,7H,4,6,8H2,1-2H3,(H2,16,17,18,19,20,21). The molecule has 0 radical (unpaired) electrons. The van der Waals surface area contributed by atoms with Crippen molar-refractivity contribution in [2.45, 2.75) is 29.6 Å². The highest BCUT2D eigenvalue weighted by atomic mass is 32.2. The molecular weight excluding hydrogens is 410 g/mol. The number of nitrogens with one attached hydrogen (secondary N) is 2. The van der Waals surface area contributed by atoms with Gasteiger partial charge in [0.2, 0.25) is 5.95 Å². The minimum Gasteiger partial charge on any atom is -0.467 e. The number of sulfone groups is 1. The van der Waals surface area contributed by atoms with Crippen molar-refractivity contribution in [1.29, 1.82) is 0 Å². The van der Waals surface area contributed by atoms with Gasteiger partial charge in [-0.2, -0.15) is 15.0 Å². The van der Waals surface area contributed by atoms with E-state index in [4.69, 9.17) is 4.74 Å². The van der Waals surface area contributed by atoms with E-state index < -0.39 is 30.8 Å². The first-order valence-corrected chi connectivity index (χ1v) is 11.2. The lowest BCUT2D eigenvalue weighted by Crippen LogP contribution is -2.36. The molecule has 1 aromatic heterocycles. The molecule has 1 aliphatic heterocycles. The lowest BCUT2D eigenvalue weighted by atomic mass is 10.1. The number of hydrogen-bond acceptors (Lipinski definition) is 9. The zero-order valence-corrected chi connectivity index (χ0v) is 16.6. The molecule has 0 atom stereocenters. The largest absolute Gasteiger partial charge is 0.467 e. The molecule has 0 bridgehead atoms. The maximum absolute atomic E-state index is 12.7. The molecular formula is C15H17N5O6S2. The lowest BCUT2D eigenvalue weighted by Gasteiger charge is -2.19. The van der Waals surface area contributed by atoms with E-state index in [1.165, 1.54) is 20.1 Å². The lowest BCUT2D eigenvalue weighted by molar-refractivity contribution is 0.256. The summed E-state index contributed by atoms with van der Waals surface area (Å²) in [6.45, 7) is 1.53. The van der Waals surface area contributed by atoms with Gasteiger partial charge in [0.05, 0.1) is 17.8 Å². The van der Waals surface area contributed by atoms with Crippen molar-refractivity contribution in [3.05, 3.63) is 29.6 Å². The molecule has 3 rings (SSSR count). The molecule has 11 nitrogen and oxygen atoms in total. The van der Waals surface area contributed by atoms with Crippen LogP contribution in [0.4, 0.5) is 10.7 Å². The molecule has 1 aromatic carbocycles. The Morgan fingerprint density at radius 2 is 1.96 bits per heavy atom. The molecule has 0 aliphatic carbocycles. The highest BCUT2D eigenvalue weighted by molar-refractivity contribution is 7.94. The number of amides is 2. The Morgan fingerprint density at radius 1 is 1.21 bits per heavy atom. The minimum atomic E-state index is -4.46. The van der Waals surface area contributed by atoms with Crippen molar-refractivity contribution < 1.29 is 26.4 Å².